The van der Waals surface area contributed by atoms with Crippen LogP contribution in [0.4, 0.5) is 0 Å². The first kappa shape index (κ1) is 19.4. The average molecular weight is 286 g/mol. The Labute approximate surface area is 125 Å². The highest BCUT2D eigenvalue weighted by atomic mass is 16.6. The standard InChI is InChI=1S/C16H34N2O2/c1-8-18(9-2)12-10-11-13(3)17-14(4)15(19)20-16(5,6)7/h13-14,17H,8-12H2,1-7H3. The summed E-state index contributed by atoms with van der Waals surface area (Å²) < 4.78 is 5.37. The fourth-order valence-corrected chi connectivity index (χ4v) is 2.13. The van der Waals surface area contributed by atoms with E-state index in [1.54, 1.807) is 0 Å². The zero-order valence-electron chi connectivity index (χ0n) is 14.5. The van der Waals surface area contributed by atoms with E-state index in [9.17, 15) is 4.79 Å². The van der Waals surface area contributed by atoms with Crippen molar-refractivity contribution < 1.29 is 9.53 Å². The molecule has 4 heteroatoms. The summed E-state index contributed by atoms with van der Waals surface area (Å²) in [5.74, 6) is -0.173. The van der Waals surface area contributed by atoms with E-state index < -0.39 is 5.60 Å². The first-order valence-corrected chi connectivity index (χ1v) is 7.90. The van der Waals surface area contributed by atoms with Crippen LogP contribution in [0.3, 0.4) is 0 Å². The van der Waals surface area contributed by atoms with E-state index in [1.807, 2.05) is 27.7 Å². The minimum atomic E-state index is -0.418. The zero-order chi connectivity index (χ0) is 15.8. The highest BCUT2D eigenvalue weighted by molar-refractivity contribution is 5.75. The van der Waals surface area contributed by atoms with Crippen molar-refractivity contribution in [2.75, 3.05) is 19.6 Å². The largest absolute Gasteiger partial charge is 0.459 e. The summed E-state index contributed by atoms with van der Waals surface area (Å²) >= 11 is 0. The molecule has 0 saturated heterocycles. The molecule has 0 amide bonds. The molecule has 20 heavy (non-hydrogen) atoms. The predicted octanol–water partition coefficient (Wildman–Crippen LogP) is 2.82. The first-order chi connectivity index (χ1) is 9.19. The molecule has 0 saturated carbocycles. The van der Waals surface area contributed by atoms with Crippen LogP contribution in [0.1, 0.15) is 61.3 Å². The highest BCUT2D eigenvalue weighted by Crippen LogP contribution is 2.09. The number of carbonyl (C=O) groups is 1. The van der Waals surface area contributed by atoms with Crippen molar-refractivity contribution in [1.29, 1.82) is 0 Å². The smallest absolute Gasteiger partial charge is 0.323 e. The van der Waals surface area contributed by atoms with Gasteiger partial charge in [-0.25, -0.2) is 0 Å². The van der Waals surface area contributed by atoms with E-state index in [2.05, 4.69) is 31.0 Å². The van der Waals surface area contributed by atoms with Gasteiger partial charge < -0.3 is 15.0 Å². The van der Waals surface area contributed by atoms with Crippen molar-refractivity contribution >= 4 is 5.97 Å². The van der Waals surface area contributed by atoms with Crippen molar-refractivity contribution in [3.63, 3.8) is 0 Å². The fraction of sp³-hybridized carbons (Fsp3) is 0.938. The van der Waals surface area contributed by atoms with E-state index in [-0.39, 0.29) is 12.0 Å². The van der Waals surface area contributed by atoms with Crippen molar-refractivity contribution in [3.8, 4) is 0 Å². The maximum atomic E-state index is 11.9. The van der Waals surface area contributed by atoms with E-state index in [1.165, 1.54) is 0 Å². The lowest BCUT2D eigenvalue weighted by Crippen LogP contribution is -2.43. The minimum absolute atomic E-state index is 0.173. The number of ether oxygens (including phenoxy) is 1. The molecule has 0 aromatic heterocycles. The van der Waals surface area contributed by atoms with Gasteiger partial charge in [0.05, 0.1) is 0 Å². The van der Waals surface area contributed by atoms with Crippen LogP contribution in [0.5, 0.6) is 0 Å². The Morgan fingerprint density at radius 1 is 1.20 bits per heavy atom. The molecule has 0 aromatic rings. The summed E-state index contributed by atoms with van der Waals surface area (Å²) in [5.41, 5.74) is -0.418. The number of hydrogen-bond donors (Lipinski definition) is 1. The number of esters is 1. The van der Waals surface area contributed by atoms with E-state index >= 15 is 0 Å². The third kappa shape index (κ3) is 9.32. The second-order valence-electron chi connectivity index (χ2n) is 6.49. The fourth-order valence-electron chi connectivity index (χ4n) is 2.13. The Balaban J connectivity index is 3.95. The van der Waals surface area contributed by atoms with Crippen LogP contribution in [0.15, 0.2) is 0 Å². The molecule has 0 fully saturated rings. The number of nitrogens with one attached hydrogen (secondary N) is 1. The third-order valence-electron chi connectivity index (χ3n) is 3.30. The Bertz CT molecular complexity index is 270. The van der Waals surface area contributed by atoms with Crippen LogP contribution in [-0.4, -0.2) is 48.2 Å². The maximum absolute atomic E-state index is 11.9. The van der Waals surface area contributed by atoms with Crippen LogP contribution in [0, 0.1) is 0 Å². The summed E-state index contributed by atoms with van der Waals surface area (Å²) in [5, 5.41) is 3.32. The van der Waals surface area contributed by atoms with Gasteiger partial charge in [-0.15, -0.1) is 0 Å². The molecule has 0 aliphatic rings. The number of rotatable bonds is 9. The lowest BCUT2D eigenvalue weighted by molar-refractivity contribution is -0.157. The predicted molar refractivity (Wildman–Crippen MR) is 84.9 cm³/mol. The van der Waals surface area contributed by atoms with Crippen molar-refractivity contribution in [3.05, 3.63) is 0 Å². The Hall–Kier alpha value is -0.610. The molecule has 0 bridgehead atoms. The van der Waals surface area contributed by atoms with Gasteiger partial charge in [0, 0.05) is 6.04 Å². The first-order valence-electron chi connectivity index (χ1n) is 7.90. The topological polar surface area (TPSA) is 41.6 Å². The molecule has 0 spiro atoms. The van der Waals surface area contributed by atoms with Crippen LogP contribution < -0.4 is 5.32 Å². The Morgan fingerprint density at radius 2 is 1.75 bits per heavy atom. The van der Waals surface area contributed by atoms with Crippen LogP contribution in [0.25, 0.3) is 0 Å². The number of hydrogen-bond acceptors (Lipinski definition) is 4. The van der Waals surface area contributed by atoms with Crippen LogP contribution in [-0.2, 0) is 9.53 Å². The molecule has 2 atom stereocenters. The molecule has 0 rings (SSSR count). The highest BCUT2D eigenvalue weighted by Gasteiger charge is 2.22. The molecule has 0 radical (unpaired) electrons. The molecule has 1 N–H and O–H groups in total. The zero-order valence-corrected chi connectivity index (χ0v) is 14.5. The van der Waals surface area contributed by atoms with Gasteiger partial charge in [0.15, 0.2) is 0 Å². The molecule has 2 unspecified atom stereocenters. The van der Waals surface area contributed by atoms with Gasteiger partial charge in [0.2, 0.25) is 0 Å². The van der Waals surface area contributed by atoms with Gasteiger partial charge in [-0.2, -0.15) is 0 Å². The maximum Gasteiger partial charge on any atom is 0.323 e. The molecule has 4 nitrogen and oxygen atoms in total. The molecule has 0 aliphatic heterocycles. The van der Waals surface area contributed by atoms with Crippen molar-refractivity contribution in [2.24, 2.45) is 0 Å². The second kappa shape index (κ2) is 9.35. The van der Waals surface area contributed by atoms with Crippen LogP contribution >= 0.6 is 0 Å². The monoisotopic (exact) mass is 286 g/mol. The van der Waals surface area contributed by atoms with E-state index in [0.29, 0.717) is 6.04 Å². The van der Waals surface area contributed by atoms with E-state index in [4.69, 9.17) is 4.74 Å². The summed E-state index contributed by atoms with van der Waals surface area (Å²) in [4.78, 5) is 14.3. The normalized spacial score (nSPS) is 15.2. The van der Waals surface area contributed by atoms with Gasteiger partial charge in [0.25, 0.3) is 0 Å². The molecular formula is C16H34N2O2. The SMILES string of the molecule is CCN(CC)CCCC(C)NC(C)C(=O)OC(C)(C)C. The summed E-state index contributed by atoms with van der Waals surface area (Å²) in [6, 6.07) is 0.0748. The van der Waals surface area contributed by atoms with Crippen molar-refractivity contribution in [2.45, 2.75) is 79.0 Å². The number of nitrogens with zero attached hydrogens (tertiary/aromatic N) is 1. The molecule has 120 valence electrons. The molecule has 0 heterocycles. The minimum Gasteiger partial charge on any atom is -0.459 e. The van der Waals surface area contributed by atoms with Crippen molar-refractivity contribution in [1.82, 2.24) is 10.2 Å². The van der Waals surface area contributed by atoms with Gasteiger partial charge in [-0.1, -0.05) is 13.8 Å². The lowest BCUT2D eigenvalue weighted by Gasteiger charge is -2.25. The van der Waals surface area contributed by atoms with Gasteiger partial charge >= 0.3 is 5.97 Å². The van der Waals surface area contributed by atoms with Gasteiger partial charge in [-0.05, 0) is 67.1 Å². The second-order valence-corrected chi connectivity index (χ2v) is 6.49. The Kier molecular flexibility index (Phi) is 9.06. The third-order valence-corrected chi connectivity index (χ3v) is 3.30. The summed E-state index contributed by atoms with van der Waals surface area (Å²) in [6.45, 7) is 17.4. The molecule has 0 aliphatic carbocycles. The Morgan fingerprint density at radius 3 is 2.20 bits per heavy atom. The quantitative estimate of drug-likeness (QED) is 0.662. The summed E-state index contributed by atoms with van der Waals surface area (Å²) in [7, 11) is 0. The van der Waals surface area contributed by atoms with E-state index in [0.717, 1.165) is 32.5 Å². The van der Waals surface area contributed by atoms with Gasteiger partial charge in [0.1, 0.15) is 11.6 Å². The number of carbonyl (C=O) groups excluding carboxylic acids is 1. The van der Waals surface area contributed by atoms with Crippen LogP contribution in [0.2, 0.25) is 0 Å². The molecule has 0 aromatic carbocycles. The lowest BCUT2D eigenvalue weighted by atomic mass is 10.1. The van der Waals surface area contributed by atoms with Gasteiger partial charge in [-0.3, -0.25) is 4.79 Å². The molecular weight excluding hydrogens is 252 g/mol. The average Bonchev–Trinajstić information content (AvgIpc) is 2.32. The summed E-state index contributed by atoms with van der Waals surface area (Å²) in [6.07, 6.45) is 2.22.